The Morgan fingerprint density at radius 2 is 2.24 bits per heavy atom. The molecule has 0 radical (unpaired) electrons. The highest BCUT2D eigenvalue weighted by atomic mass is 35.5. The quantitative estimate of drug-likeness (QED) is 0.822. The molecule has 0 saturated heterocycles. The van der Waals surface area contributed by atoms with E-state index in [9.17, 15) is 4.79 Å². The van der Waals surface area contributed by atoms with Gasteiger partial charge in [0.25, 0.3) is 0 Å². The molecule has 1 atom stereocenters. The van der Waals surface area contributed by atoms with Crippen molar-refractivity contribution >= 4 is 17.5 Å². The van der Waals surface area contributed by atoms with Crippen molar-refractivity contribution in [2.24, 2.45) is 0 Å². The fourth-order valence-corrected chi connectivity index (χ4v) is 2.39. The number of amides is 1. The van der Waals surface area contributed by atoms with Gasteiger partial charge in [0.1, 0.15) is 16.7 Å². The lowest BCUT2D eigenvalue weighted by atomic mass is 9.99. The van der Waals surface area contributed by atoms with Gasteiger partial charge >= 0.3 is 0 Å². The number of halogens is 1. The lowest BCUT2D eigenvalue weighted by Crippen LogP contribution is -2.26. The number of rotatable bonds is 2. The molecule has 1 amide bonds. The number of para-hydroxylation sites is 1. The minimum absolute atomic E-state index is 0.214. The predicted octanol–water partition coefficient (Wildman–Crippen LogP) is 2.43. The van der Waals surface area contributed by atoms with E-state index >= 15 is 0 Å². The summed E-state index contributed by atoms with van der Waals surface area (Å²) in [5.74, 6) is 0.550. The zero-order valence-electron chi connectivity index (χ0n) is 10.2. The van der Waals surface area contributed by atoms with E-state index in [1.807, 2.05) is 32.0 Å². The van der Waals surface area contributed by atoms with Gasteiger partial charge in [-0.1, -0.05) is 18.2 Å². The van der Waals surface area contributed by atoms with Crippen molar-refractivity contribution in [1.82, 2.24) is 5.32 Å². The van der Waals surface area contributed by atoms with Crippen LogP contribution in [-0.2, 0) is 11.2 Å². The first kappa shape index (κ1) is 12.2. The summed E-state index contributed by atoms with van der Waals surface area (Å²) in [5, 5.41) is 1.84. The number of likely N-dealkylation sites (N-methyl/N-ethyl adjacent to an activating group) is 1. The second-order valence-corrected chi connectivity index (χ2v) is 5.29. The van der Waals surface area contributed by atoms with Crippen molar-refractivity contribution in [3.63, 3.8) is 0 Å². The van der Waals surface area contributed by atoms with E-state index in [0.717, 1.165) is 23.3 Å². The molecule has 0 spiro atoms. The highest BCUT2D eigenvalue weighted by Crippen LogP contribution is 2.41. The molecule has 0 aromatic heterocycles. The van der Waals surface area contributed by atoms with Crippen molar-refractivity contribution in [2.75, 3.05) is 7.05 Å². The highest BCUT2D eigenvalue weighted by Gasteiger charge is 2.34. The topological polar surface area (TPSA) is 38.3 Å². The number of alkyl halides is 1. The lowest BCUT2D eigenvalue weighted by Gasteiger charge is -2.19. The van der Waals surface area contributed by atoms with E-state index in [1.54, 1.807) is 7.05 Å². The van der Waals surface area contributed by atoms with E-state index in [4.69, 9.17) is 16.3 Å². The molecule has 0 fully saturated rings. The van der Waals surface area contributed by atoms with Crippen LogP contribution in [0.15, 0.2) is 18.2 Å². The van der Waals surface area contributed by atoms with Crippen LogP contribution in [0.5, 0.6) is 5.75 Å². The van der Waals surface area contributed by atoms with Gasteiger partial charge in [-0.05, 0) is 19.4 Å². The first-order chi connectivity index (χ1) is 7.94. The maximum absolute atomic E-state index is 11.6. The number of hydrogen-bond donors (Lipinski definition) is 1. The van der Waals surface area contributed by atoms with Gasteiger partial charge in [-0.3, -0.25) is 4.79 Å². The summed E-state index contributed by atoms with van der Waals surface area (Å²) in [6.07, 6.45) is 0.841. The fraction of sp³-hybridized carbons (Fsp3) is 0.462. The summed E-state index contributed by atoms with van der Waals surface area (Å²) in [6.45, 7) is 4.06. The molecular formula is C13H16ClNO2. The normalized spacial score (nSPS) is 18.1. The van der Waals surface area contributed by atoms with Gasteiger partial charge in [0.2, 0.25) is 5.91 Å². The standard InChI is InChI=1S/C13H16ClNO2/c1-13(2)7-8-5-4-6-9(11(8)17-13)10(14)12(16)15-3/h4-6,10H,7H2,1-3H3,(H,15,16). The Labute approximate surface area is 106 Å². The fourth-order valence-electron chi connectivity index (χ4n) is 2.11. The van der Waals surface area contributed by atoms with Crippen LogP contribution in [0.25, 0.3) is 0 Å². The maximum atomic E-state index is 11.6. The molecule has 0 saturated carbocycles. The first-order valence-corrected chi connectivity index (χ1v) is 6.05. The average Bonchev–Trinajstić information content (AvgIpc) is 2.60. The van der Waals surface area contributed by atoms with E-state index in [0.29, 0.717) is 0 Å². The molecule has 1 aromatic rings. The lowest BCUT2D eigenvalue weighted by molar-refractivity contribution is -0.120. The van der Waals surface area contributed by atoms with Crippen LogP contribution in [0.2, 0.25) is 0 Å². The van der Waals surface area contributed by atoms with Gasteiger partial charge in [-0.15, -0.1) is 11.6 Å². The van der Waals surface area contributed by atoms with Crippen LogP contribution in [0.4, 0.5) is 0 Å². The van der Waals surface area contributed by atoms with Crippen molar-refractivity contribution < 1.29 is 9.53 Å². The number of ether oxygens (including phenoxy) is 1. The molecule has 2 rings (SSSR count). The summed E-state index contributed by atoms with van der Waals surface area (Å²) in [5.41, 5.74) is 1.63. The predicted molar refractivity (Wildman–Crippen MR) is 67.5 cm³/mol. The summed E-state index contributed by atoms with van der Waals surface area (Å²) in [4.78, 5) is 11.6. The van der Waals surface area contributed by atoms with Crippen LogP contribution in [0, 0.1) is 0 Å². The largest absolute Gasteiger partial charge is 0.487 e. The minimum atomic E-state index is -0.705. The van der Waals surface area contributed by atoms with Gasteiger partial charge in [0.15, 0.2) is 0 Å². The molecule has 1 aliphatic rings. The van der Waals surface area contributed by atoms with Crippen LogP contribution in [0.3, 0.4) is 0 Å². The second kappa shape index (κ2) is 4.22. The molecule has 3 nitrogen and oxygen atoms in total. The summed E-state index contributed by atoms with van der Waals surface area (Å²) in [6, 6.07) is 5.77. The van der Waals surface area contributed by atoms with E-state index < -0.39 is 5.38 Å². The van der Waals surface area contributed by atoms with Crippen molar-refractivity contribution in [1.29, 1.82) is 0 Å². The minimum Gasteiger partial charge on any atom is -0.487 e. The second-order valence-electron chi connectivity index (χ2n) is 4.85. The third-order valence-electron chi connectivity index (χ3n) is 2.87. The number of benzene rings is 1. The third-order valence-corrected chi connectivity index (χ3v) is 3.30. The van der Waals surface area contributed by atoms with Gasteiger partial charge < -0.3 is 10.1 Å². The Kier molecular flexibility index (Phi) is 3.04. The average molecular weight is 254 g/mol. The molecule has 0 aliphatic carbocycles. The van der Waals surface area contributed by atoms with E-state index in [2.05, 4.69) is 5.32 Å². The number of carbonyl (C=O) groups is 1. The Bertz CT molecular complexity index is 457. The SMILES string of the molecule is CNC(=O)C(Cl)c1cccc2c1OC(C)(C)C2. The molecule has 92 valence electrons. The zero-order valence-corrected chi connectivity index (χ0v) is 11.0. The smallest absolute Gasteiger partial charge is 0.242 e. The molecule has 1 aromatic carbocycles. The number of fused-ring (bicyclic) bond motifs is 1. The highest BCUT2D eigenvalue weighted by molar-refractivity contribution is 6.31. The Morgan fingerprint density at radius 1 is 1.53 bits per heavy atom. The Balaban J connectivity index is 2.39. The number of nitrogens with one attached hydrogen (secondary N) is 1. The van der Waals surface area contributed by atoms with Gasteiger partial charge in [-0.2, -0.15) is 0 Å². The summed E-state index contributed by atoms with van der Waals surface area (Å²) < 4.78 is 5.88. The Hall–Kier alpha value is -1.22. The third kappa shape index (κ3) is 2.25. The summed E-state index contributed by atoms with van der Waals surface area (Å²) >= 11 is 6.14. The van der Waals surface area contributed by atoms with Gasteiger partial charge in [0.05, 0.1) is 0 Å². The van der Waals surface area contributed by atoms with Gasteiger partial charge in [0, 0.05) is 19.0 Å². The molecule has 4 heteroatoms. The van der Waals surface area contributed by atoms with Crippen LogP contribution < -0.4 is 10.1 Å². The Morgan fingerprint density at radius 3 is 2.88 bits per heavy atom. The molecule has 0 bridgehead atoms. The van der Waals surface area contributed by atoms with Crippen molar-refractivity contribution in [3.05, 3.63) is 29.3 Å². The van der Waals surface area contributed by atoms with Crippen LogP contribution in [0.1, 0.15) is 30.4 Å². The molecule has 1 aliphatic heterocycles. The van der Waals surface area contributed by atoms with Gasteiger partial charge in [-0.25, -0.2) is 0 Å². The maximum Gasteiger partial charge on any atom is 0.242 e. The zero-order chi connectivity index (χ0) is 12.6. The molecular weight excluding hydrogens is 238 g/mol. The van der Waals surface area contributed by atoms with Crippen LogP contribution in [-0.4, -0.2) is 18.6 Å². The van der Waals surface area contributed by atoms with Crippen LogP contribution >= 0.6 is 11.6 Å². The van der Waals surface area contributed by atoms with Crippen molar-refractivity contribution in [2.45, 2.75) is 31.2 Å². The van der Waals surface area contributed by atoms with E-state index in [-0.39, 0.29) is 11.5 Å². The number of hydrogen-bond acceptors (Lipinski definition) is 2. The first-order valence-electron chi connectivity index (χ1n) is 5.61. The number of carbonyl (C=O) groups excluding carboxylic acids is 1. The summed E-state index contributed by atoms with van der Waals surface area (Å²) in [7, 11) is 1.58. The van der Waals surface area contributed by atoms with E-state index in [1.165, 1.54) is 0 Å². The van der Waals surface area contributed by atoms with Crippen molar-refractivity contribution in [3.8, 4) is 5.75 Å². The molecule has 17 heavy (non-hydrogen) atoms. The molecule has 1 heterocycles. The monoisotopic (exact) mass is 253 g/mol. The molecule has 1 unspecified atom stereocenters. The molecule has 1 N–H and O–H groups in total.